The fourth-order valence-electron chi connectivity index (χ4n) is 3.44. The molecule has 0 saturated carbocycles. The number of likely N-dealkylation sites (tertiary alicyclic amines) is 1. The van der Waals surface area contributed by atoms with Crippen LogP contribution in [0.2, 0.25) is 0 Å². The predicted octanol–water partition coefficient (Wildman–Crippen LogP) is 1.51. The van der Waals surface area contributed by atoms with Crippen molar-refractivity contribution >= 4 is 0 Å². The summed E-state index contributed by atoms with van der Waals surface area (Å²) in [4.78, 5) is 21.4. The van der Waals surface area contributed by atoms with Crippen molar-refractivity contribution < 1.29 is 0 Å². The van der Waals surface area contributed by atoms with Gasteiger partial charge in [0.1, 0.15) is 5.82 Å². The Hall–Kier alpha value is -1.98. The summed E-state index contributed by atoms with van der Waals surface area (Å²) in [6, 6.07) is 12.1. The van der Waals surface area contributed by atoms with Gasteiger partial charge in [0.15, 0.2) is 0 Å². The van der Waals surface area contributed by atoms with Crippen LogP contribution < -0.4 is 11.3 Å². The third-order valence-electron chi connectivity index (χ3n) is 4.63. The van der Waals surface area contributed by atoms with Crippen molar-refractivity contribution in [1.82, 2.24) is 14.9 Å². The molecule has 5 heteroatoms. The molecule has 2 heterocycles. The normalized spacial score (nSPS) is 21.7. The standard InChI is InChI=1S/C18H24N4O/c1-2-15-8-18(23)21-17(20-15)12-22-10-14(9-19)16(11-22)13-6-4-3-5-7-13/h3-8,14,16H,2,9-12,19H2,1H3,(H,20,21,23)/t14-,16+/m1/s1. The number of hydrogen-bond acceptors (Lipinski definition) is 4. The number of hydrogen-bond donors (Lipinski definition) is 2. The zero-order valence-corrected chi connectivity index (χ0v) is 13.5. The second-order valence-corrected chi connectivity index (χ2v) is 6.24. The van der Waals surface area contributed by atoms with Gasteiger partial charge in [-0.2, -0.15) is 0 Å². The lowest BCUT2D eigenvalue weighted by Crippen LogP contribution is -2.25. The van der Waals surface area contributed by atoms with E-state index < -0.39 is 0 Å². The largest absolute Gasteiger partial charge is 0.330 e. The van der Waals surface area contributed by atoms with Crippen LogP contribution in [0.1, 0.15) is 29.9 Å². The van der Waals surface area contributed by atoms with Crippen molar-refractivity contribution in [2.75, 3.05) is 19.6 Å². The topological polar surface area (TPSA) is 75.0 Å². The highest BCUT2D eigenvalue weighted by molar-refractivity contribution is 5.22. The molecule has 1 aliphatic heterocycles. The summed E-state index contributed by atoms with van der Waals surface area (Å²) < 4.78 is 0. The molecule has 23 heavy (non-hydrogen) atoms. The van der Waals surface area contributed by atoms with Crippen LogP contribution in [0.3, 0.4) is 0 Å². The van der Waals surface area contributed by atoms with Gasteiger partial charge in [-0.15, -0.1) is 0 Å². The summed E-state index contributed by atoms with van der Waals surface area (Å²) in [6.45, 7) is 5.25. The average molecular weight is 312 g/mol. The Labute approximate surface area is 136 Å². The van der Waals surface area contributed by atoms with E-state index in [1.165, 1.54) is 5.56 Å². The number of nitrogens with zero attached hydrogens (tertiary/aromatic N) is 2. The van der Waals surface area contributed by atoms with Crippen molar-refractivity contribution in [2.24, 2.45) is 11.7 Å². The minimum atomic E-state index is -0.0685. The van der Waals surface area contributed by atoms with Crippen LogP contribution in [0.25, 0.3) is 0 Å². The first-order valence-electron chi connectivity index (χ1n) is 8.26. The molecule has 0 aliphatic carbocycles. The van der Waals surface area contributed by atoms with Gasteiger partial charge in [0.25, 0.3) is 5.56 Å². The third-order valence-corrected chi connectivity index (χ3v) is 4.63. The first-order chi connectivity index (χ1) is 11.2. The van der Waals surface area contributed by atoms with Crippen LogP contribution in [0, 0.1) is 5.92 Å². The van der Waals surface area contributed by atoms with E-state index in [9.17, 15) is 4.79 Å². The highest BCUT2D eigenvalue weighted by Crippen LogP contribution is 2.32. The van der Waals surface area contributed by atoms with Crippen LogP contribution >= 0.6 is 0 Å². The lowest BCUT2D eigenvalue weighted by molar-refractivity contribution is 0.308. The van der Waals surface area contributed by atoms with E-state index in [4.69, 9.17) is 5.73 Å². The van der Waals surface area contributed by atoms with Gasteiger partial charge in [-0.3, -0.25) is 9.69 Å². The first-order valence-corrected chi connectivity index (χ1v) is 8.26. The Kier molecular flexibility index (Phi) is 4.88. The van der Waals surface area contributed by atoms with Gasteiger partial charge in [-0.25, -0.2) is 4.98 Å². The lowest BCUT2D eigenvalue weighted by Gasteiger charge is -2.16. The molecule has 0 amide bonds. The molecule has 0 unspecified atom stereocenters. The maximum atomic E-state index is 11.7. The number of aryl methyl sites for hydroxylation is 1. The van der Waals surface area contributed by atoms with E-state index in [-0.39, 0.29) is 5.56 Å². The quantitative estimate of drug-likeness (QED) is 0.877. The summed E-state index contributed by atoms with van der Waals surface area (Å²) in [5.41, 5.74) is 8.11. The molecule has 0 bridgehead atoms. The van der Waals surface area contributed by atoms with E-state index in [0.29, 0.717) is 24.9 Å². The first kappa shape index (κ1) is 15.9. The van der Waals surface area contributed by atoms with E-state index in [1.807, 2.05) is 13.0 Å². The van der Waals surface area contributed by atoms with E-state index in [1.54, 1.807) is 6.07 Å². The minimum absolute atomic E-state index is 0.0685. The highest BCUT2D eigenvalue weighted by atomic mass is 16.1. The van der Waals surface area contributed by atoms with Crippen molar-refractivity contribution in [3.8, 4) is 0 Å². The van der Waals surface area contributed by atoms with Crippen LogP contribution in [0.15, 0.2) is 41.2 Å². The minimum Gasteiger partial charge on any atom is -0.330 e. The molecule has 122 valence electrons. The molecule has 2 aromatic rings. The molecular weight excluding hydrogens is 288 g/mol. The van der Waals surface area contributed by atoms with E-state index in [2.05, 4.69) is 39.1 Å². The summed E-state index contributed by atoms with van der Waals surface area (Å²) in [7, 11) is 0. The SMILES string of the molecule is CCc1cc(=O)[nH]c(CN2C[C@@H](CN)[C@H](c3ccccc3)C2)n1. The van der Waals surface area contributed by atoms with Crippen molar-refractivity contribution in [1.29, 1.82) is 0 Å². The number of rotatable bonds is 5. The molecule has 1 aliphatic rings. The molecule has 0 radical (unpaired) electrons. The van der Waals surface area contributed by atoms with Gasteiger partial charge in [-0.1, -0.05) is 37.3 Å². The number of H-pyrrole nitrogens is 1. The van der Waals surface area contributed by atoms with Gasteiger partial charge in [0.05, 0.1) is 6.54 Å². The summed E-state index contributed by atoms with van der Waals surface area (Å²) in [6.07, 6.45) is 0.773. The fourth-order valence-corrected chi connectivity index (χ4v) is 3.44. The van der Waals surface area contributed by atoms with Crippen LogP contribution in [-0.2, 0) is 13.0 Å². The number of aromatic nitrogens is 2. The second kappa shape index (κ2) is 7.06. The lowest BCUT2D eigenvalue weighted by atomic mass is 9.89. The van der Waals surface area contributed by atoms with Crippen molar-refractivity contribution in [2.45, 2.75) is 25.8 Å². The van der Waals surface area contributed by atoms with Gasteiger partial charge < -0.3 is 10.7 Å². The second-order valence-electron chi connectivity index (χ2n) is 6.24. The average Bonchev–Trinajstić information content (AvgIpc) is 2.98. The maximum Gasteiger partial charge on any atom is 0.251 e. The summed E-state index contributed by atoms with van der Waals surface area (Å²) in [5.74, 6) is 1.64. The summed E-state index contributed by atoms with van der Waals surface area (Å²) in [5, 5.41) is 0. The monoisotopic (exact) mass is 312 g/mol. The van der Waals surface area contributed by atoms with Gasteiger partial charge in [0.2, 0.25) is 0 Å². The van der Waals surface area contributed by atoms with Gasteiger partial charge >= 0.3 is 0 Å². The molecular formula is C18H24N4O. The number of aromatic amines is 1. The van der Waals surface area contributed by atoms with E-state index >= 15 is 0 Å². The molecule has 1 fully saturated rings. The van der Waals surface area contributed by atoms with E-state index in [0.717, 1.165) is 31.0 Å². The maximum absolute atomic E-state index is 11.7. The van der Waals surface area contributed by atoms with Crippen molar-refractivity contribution in [3.05, 3.63) is 63.8 Å². The fraction of sp³-hybridized carbons (Fsp3) is 0.444. The Morgan fingerprint density at radius 2 is 2.09 bits per heavy atom. The summed E-state index contributed by atoms with van der Waals surface area (Å²) >= 11 is 0. The zero-order chi connectivity index (χ0) is 16.2. The van der Waals surface area contributed by atoms with Crippen LogP contribution in [0.4, 0.5) is 0 Å². The molecule has 1 saturated heterocycles. The predicted molar refractivity (Wildman–Crippen MR) is 91.2 cm³/mol. The number of nitrogens with two attached hydrogens (primary N) is 1. The highest BCUT2D eigenvalue weighted by Gasteiger charge is 2.32. The third kappa shape index (κ3) is 3.68. The molecule has 5 nitrogen and oxygen atoms in total. The Balaban J connectivity index is 1.75. The smallest absolute Gasteiger partial charge is 0.251 e. The van der Waals surface area contributed by atoms with Crippen LogP contribution in [0.5, 0.6) is 0 Å². The Morgan fingerprint density at radius 1 is 1.30 bits per heavy atom. The van der Waals surface area contributed by atoms with Crippen molar-refractivity contribution in [3.63, 3.8) is 0 Å². The van der Waals surface area contributed by atoms with Gasteiger partial charge in [-0.05, 0) is 24.4 Å². The molecule has 3 rings (SSSR count). The molecule has 1 aromatic heterocycles. The Bertz CT molecular complexity index is 698. The molecule has 3 N–H and O–H groups in total. The number of nitrogens with one attached hydrogen (secondary N) is 1. The molecule has 1 aromatic carbocycles. The Morgan fingerprint density at radius 3 is 2.78 bits per heavy atom. The van der Waals surface area contributed by atoms with Crippen LogP contribution in [-0.4, -0.2) is 34.5 Å². The van der Waals surface area contributed by atoms with Gasteiger partial charge in [0, 0.05) is 30.8 Å². The molecule has 2 atom stereocenters. The molecule has 0 spiro atoms. The number of benzene rings is 1. The zero-order valence-electron chi connectivity index (χ0n) is 13.5.